The second-order valence-electron chi connectivity index (χ2n) is 18.6. The van der Waals surface area contributed by atoms with Crippen LogP contribution in [0, 0.1) is 0 Å². The molecule has 0 radical (unpaired) electrons. The first kappa shape index (κ1) is 65.1. The first-order valence-corrected chi connectivity index (χ1v) is 28.5. The maximum atomic E-state index is 12.8. The van der Waals surface area contributed by atoms with Crippen LogP contribution < -0.4 is 0 Å². The first-order valence-electron chi connectivity index (χ1n) is 28.5. The van der Waals surface area contributed by atoms with E-state index in [0.717, 1.165) is 96.3 Å². The standard InChI is InChI=1S/C63H104O6/c1-4-7-10-13-16-19-22-25-28-31-33-35-38-41-44-47-50-53-56-62(65)68-59-60(58-67-61(64)55-52-49-46-43-40-37-34-30-27-24-21-18-15-12-9-6-3)69-63(66)57-54-51-48-45-42-39-36-32-29-26-23-20-17-14-11-8-5-2/h10,13,16,19,22,25-26,28-31,33-36,39,45,48,60H,4-9,11-12,14-15,17-18,20-21,23-24,27,32,37-38,40-44,46-47,49-59H2,1-3H3/b13-10-,19-16-,25-22-,29-26-,31-28-,34-30-,35-33-,39-36-,48-45-. The van der Waals surface area contributed by atoms with Crippen LogP contribution in [0.4, 0.5) is 0 Å². The highest BCUT2D eigenvalue weighted by atomic mass is 16.6. The lowest BCUT2D eigenvalue weighted by Gasteiger charge is -2.18. The number of carbonyl (C=O) groups excluding carboxylic acids is 3. The molecular weight excluding hydrogens is 853 g/mol. The summed E-state index contributed by atoms with van der Waals surface area (Å²) >= 11 is 0. The Morgan fingerprint density at radius 3 is 1.06 bits per heavy atom. The molecule has 0 aromatic heterocycles. The molecule has 0 aromatic rings. The van der Waals surface area contributed by atoms with Crippen LogP contribution in [0.1, 0.15) is 252 Å². The molecule has 0 spiro atoms. The van der Waals surface area contributed by atoms with Gasteiger partial charge in [0.2, 0.25) is 0 Å². The Hall–Kier alpha value is -3.93. The van der Waals surface area contributed by atoms with Gasteiger partial charge in [-0.3, -0.25) is 14.4 Å². The highest BCUT2D eigenvalue weighted by molar-refractivity contribution is 5.71. The van der Waals surface area contributed by atoms with Crippen molar-refractivity contribution >= 4 is 17.9 Å². The van der Waals surface area contributed by atoms with Crippen molar-refractivity contribution in [2.75, 3.05) is 13.2 Å². The first-order chi connectivity index (χ1) is 34.0. The van der Waals surface area contributed by atoms with E-state index in [1.54, 1.807) is 0 Å². The summed E-state index contributed by atoms with van der Waals surface area (Å²) in [4.78, 5) is 38.1. The molecule has 6 heteroatoms. The third-order valence-corrected chi connectivity index (χ3v) is 11.8. The van der Waals surface area contributed by atoms with E-state index >= 15 is 0 Å². The van der Waals surface area contributed by atoms with Crippen molar-refractivity contribution in [2.45, 2.75) is 258 Å². The second-order valence-corrected chi connectivity index (χ2v) is 18.6. The molecule has 0 heterocycles. The number of esters is 3. The largest absolute Gasteiger partial charge is 0.462 e. The van der Waals surface area contributed by atoms with E-state index in [-0.39, 0.29) is 37.5 Å². The Balaban J connectivity index is 4.54. The lowest BCUT2D eigenvalue weighted by Crippen LogP contribution is -2.30. The quantitative estimate of drug-likeness (QED) is 0.0199. The van der Waals surface area contributed by atoms with E-state index in [0.29, 0.717) is 19.3 Å². The molecule has 69 heavy (non-hydrogen) atoms. The molecule has 1 atom stereocenters. The van der Waals surface area contributed by atoms with Gasteiger partial charge in [-0.15, -0.1) is 0 Å². The van der Waals surface area contributed by atoms with Crippen molar-refractivity contribution in [1.82, 2.24) is 0 Å². The van der Waals surface area contributed by atoms with Crippen molar-refractivity contribution in [3.8, 4) is 0 Å². The molecule has 0 aliphatic carbocycles. The average molecular weight is 958 g/mol. The highest BCUT2D eigenvalue weighted by Crippen LogP contribution is 2.13. The van der Waals surface area contributed by atoms with Crippen LogP contribution in [0.15, 0.2) is 109 Å². The van der Waals surface area contributed by atoms with E-state index in [4.69, 9.17) is 14.2 Å². The normalized spacial score (nSPS) is 12.9. The number of carbonyl (C=O) groups is 3. The fraction of sp³-hybridized carbons (Fsp3) is 0.667. The fourth-order valence-electron chi connectivity index (χ4n) is 7.54. The molecule has 6 nitrogen and oxygen atoms in total. The van der Waals surface area contributed by atoms with E-state index in [9.17, 15) is 14.4 Å². The predicted octanol–water partition coefficient (Wildman–Crippen LogP) is 19.1. The molecule has 0 fully saturated rings. The van der Waals surface area contributed by atoms with Crippen LogP contribution in [0.3, 0.4) is 0 Å². The monoisotopic (exact) mass is 957 g/mol. The van der Waals surface area contributed by atoms with Gasteiger partial charge in [0.05, 0.1) is 0 Å². The fourth-order valence-corrected chi connectivity index (χ4v) is 7.54. The molecule has 0 N–H and O–H groups in total. The number of allylic oxidation sites excluding steroid dienone is 18. The molecule has 0 rings (SSSR count). The van der Waals surface area contributed by atoms with Gasteiger partial charge in [0.1, 0.15) is 13.2 Å². The molecule has 0 aromatic carbocycles. The van der Waals surface area contributed by atoms with Crippen LogP contribution >= 0.6 is 0 Å². The third kappa shape index (κ3) is 54.9. The minimum atomic E-state index is -0.821. The van der Waals surface area contributed by atoms with Crippen molar-refractivity contribution in [3.05, 3.63) is 109 Å². The minimum absolute atomic E-state index is 0.112. The van der Waals surface area contributed by atoms with Crippen molar-refractivity contribution in [1.29, 1.82) is 0 Å². The number of hydrogen-bond acceptors (Lipinski definition) is 6. The van der Waals surface area contributed by atoms with Gasteiger partial charge in [0, 0.05) is 19.3 Å². The SMILES string of the molecule is CCC\C=C/C=C\C=C/C=C\C=C/CCCCCCCC(=O)OCC(COC(=O)CCCCCCC/C=C\CCCCCCCCC)OC(=O)CCC/C=C\C/C=C\C/C=C\CCCCCCCC. The van der Waals surface area contributed by atoms with Gasteiger partial charge in [-0.1, -0.05) is 246 Å². The molecule has 0 amide bonds. The highest BCUT2D eigenvalue weighted by Gasteiger charge is 2.19. The topological polar surface area (TPSA) is 78.9 Å². The van der Waals surface area contributed by atoms with Gasteiger partial charge in [0.25, 0.3) is 0 Å². The second kappa shape index (κ2) is 56.7. The molecular formula is C63H104O6. The molecule has 392 valence electrons. The minimum Gasteiger partial charge on any atom is -0.462 e. The van der Waals surface area contributed by atoms with Crippen molar-refractivity contribution in [3.63, 3.8) is 0 Å². The van der Waals surface area contributed by atoms with Gasteiger partial charge in [-0.05, 0) is 96.3 Å². The van der Waals surface area contributed by atoms with Crippen LogP contribution in [0.25, 0.3) is 0 Å². The Morgan fingerprint density at radius 1 is 0.304 bits per heavy atom. The molecule has 0 aliphatic rings. The van der Waals surface area contributed by atoms with Gasteiger partial charge in [-0.2, -0.15) is 0 Å². The van der Waals surface area contributed by atoms with Gasteiger partial charge in [0.15, 0.2) is 6.10 Å². The molecule has 0 saturated heterocycles. The van der Waals surface area contributed by atoms with Crippen LogP contribution in [0.5, 0.6) is 0 Å². The zero-order valence-electron chi connectivity index (χ0n) is 44.8. The number of unbranched alkanes of at least 4 members (excludes halogenated alkanes) is 25. The number of rotatable bonds is 50. The summed E-state index contributed by atoms with van der Waals surface area (Å²) in [5.74, 6) is -0.999. The van der Waals surface area contributed by atoms with Crippen LogP contribution in [-0.4, -0.2) is 37.2 Å². The summed E-state index contributed by atoms with van der Waals surface area (Å²) in [6.07, 6.45) is 76.4. The van der Waals surface area contributed by atoms with Crippen LogP contribution in [0.2, 0.25) is 0 Å². The van der Waals surface area contributed by atoms with E-state index < -0.39 is 6.10 Å². The predicted molar refractivity (Wildman–Crippen MR) is 297 cm³/mol. The summed E-state index contributed by atoms with van der Waals surface area (Å²) < 4.78 is 16.8. The zero-order chi connectivity index (χ0) is 50.0. The Bertz CT molecular complexity index is 1420. The Kier molecular flexibility index (Phi) is 53.4. The van der Waals surface area contributed by atoms with Crippen molar-refractivity contribution < 1.29 is 28.6 Å². The summed E-state index contributed by atoms with van der Waals surface area (Å²) in [7, 11) is 0. The Labute approximate surface area is 425 Å². The molecule has 0 bridgehead atoms. The molecule has 0 aliphatic heterocycles. The van der Waals surface area contributed by atoms with E-state index in [2.05, 4.69) is 106 Å². The smallest absolute Gasteiger partial charge is 0.306 e. The van der Waals surface area contributed by atoms with Crippen LogP contribution in [-0.2, 0) is 28.6 Å². The Morgan fingerprint density at radius 2 is 0.623 bits per heavy atom. The summed E-state index contributed by atoms with van der Waals surface area (Å²) in [6, 6.07) is 0. The summed E-state index contributed by atoms with van der Waals surface area (Å²) in [5, 5.41) is 0. The lowest BCUT2D eigenvalue weighted by atomic mass is 10.1. The van der Waals surface area contributed by atoms with Gasteiger partial charge in [-0.25, -0.2) is 0 Å². The van der Waals surface area contributed by atoms with E-state index in [1.165, 1.54) is 109 Å². The van der Waals surface area contributed by atoms with Gasteiger partial charge >= 0.3 is 17.9 Å². The summed E-state index contributed by atoms with van der Waals surface area (Å²) in [5.41, 5.74) is 0. The van der Waals surface area contributed by atoms with E-state index in [1.807, 2.05) is 24.3 Å². The number of ether oxygens (including phenoxy) is 3. The third-order valence-electron chi connectivity index (χ3n) is 11.8. The lowest BCUT2D eigenvalue weighted by molar-refractivity contribution is -0.167. The summed E-state index contributed by atoms with van der Waals surface area (Å²) in [6.45, 7) is 6.47. The van der Waals surface area contributed by atoms with Gasteiger partial charge < -0.3 is 14.2 Å². The zero-order valence-corrected chi connectivity index (χ0v) is 44.8. The number of hydrogen-bond donors (Lipinski definition) is 0. The average Bonchev–Trinajstić information content (AvgIpc) is 3.35. The van der Waals surface area contributed by atoms with Crippen molar-refractivity contribution in [2.24, 2.45) is 0 Å². The molecule has 1 unspecified atom stereocenters. The maximum Gasteiger partial charge on any atom is 0.306 e. The molecule has 0 saturated carbocycles. The maximum absolute atomic E-state index is 12.8.